The molecular weight excluding hydrogens is 248 g/mol. The quantitative estimate of drug-likeness (QED) is 0.792. The third kappa shape index (κ3) is 3.97. The maximum Gasteiger partial charge on any atom is 0.223 e. The molecule has 1 aliphatic carbocycles. The van der Waals surface area contributed by atoms with Crippen LogP contribution in [0, 0.1) is 5.41 Å². The van der Waals surface area contributed by atoms with Crippen molar-refractivity contribution in [3.8, 4) is 0 Å². The van der Waals surface area contributed by atoms with E-state index in [1.54, 1.807) is 0 Å². The number of carbonyl (C=O) groups excluding carboxylic acids is 1. The highest BCUT2D eigenvalue weighted by Gasteiger charge is 2.36. The van der Waals surface area contributed by atoms with Gasteiger partial charge in [0.1, 0.15) is 0 Å². The number of hydrogen-bond donors (Lipinski definition) is 0. The molecule has 1 saturated heterocycles. The van der Waals surface area contributed by atoms with Crippen LogP contribution in [0.3, 0.4) is 0 Å². The first kappa shape index (κ1) is 15.8. The van der Waals surface area contributed by atoms with Crippen LogP contribution >= 0.6 is 0 Å². The van der Waals surface area contributed by atoms with Gasteiger partial charge in [-0.2, -0.15) is 0 Å². The summed E-state index contributed by atoms with van der Waals surface area (Å²) in [4.78, 5) is 17.2. The van der Waals surface area contributed by atoms with Gasteiger partial charge in [0, 0.05) is 25.6 Å². The highest BCUT2D eigenvalue weighted by molar-refractivity contribution is 5.77. The van der Waals surface area contributed by atoms with Gasteiger partial charge in [0.25, 0.3) is 0 Å². The predicted octanol–water partition coefficient (Wildman–Crippen LogP) is 3.29. The summed E-state index contributed by atoms with van der Waals surface area (Å²) in [7, 11) is 2.03. The zero-order chi connectivity index (χ0) is 14.8. The Balaban J connectivity index is 2.01. The molecule has 0 spiro atoms. The van der Waals surface area contributed by atoms with Crippen molar-refractivity contribution in [2.24, 2.45) is 5.41 Å². The van der Waals surface area contributed by atoms with Gasteiger partial charge in [-0.3, -0.25) is 9.69 Å². The Hall–Kier alpha value is -0.570. The minimum atomic E-state index is 0.0865. The minimum absolute atomic E-state index is 0.0865. The number of nitrogens with zero attached hydrogens (tertiary/aromatic N) is 2. The molecule has 0 aromatic rings. The molecule has 2 aliphatic rings. The van der Waals surface area contributed by atoms with Crippen molar-refractivity contribution < 1.29 is 4.79 Å². The van der Waals surface area contributed by atoms with E-state index in [2.05, 4.69) is 30.6 Å². The number of carbonyl (C=O) groups is 1. The normalized spacial score (nSPS) is 28.6. The molecule has 2 atom stereocenters. The van der Waals surface area contributed by atoms with Gasteiger partial charge in [0.2, 0.25) is 5.91 Å². The van der Waals surface area contributed by atoms with E-state index in [1.807, 2.05) is 7.05 Å². The van der Waals surface area contributed by atoms with Gasteiger partial charge in [-0.1, -0.05) is 33.6 Å². The smallest absolute Gasteiger partial charge is 0.223 e. The van der Waals surface area contributed by atoms with Crippen molar-refractivity contribution in [3.63, 3.8) is 0 Å². The molecule has 116 valence electrons. The van der Waals surface area contributed by atoms with Crippen molar-refractivity contribution in [1.29, 1.82) is 0 Å². The molecule has 2 rings (SSSR count). The Morgan fingerprint density at radius 3 is 2.30 bits per heavy atom. The highest BCUT2D eigenvalue weighted by Crippen LogP contribution is 2.30. The fraction of sp³-hybridized carbons (Fsp3) is 0.941. The van der Waals surface area contributed by atoms with Crippen LogP contribution in [0.15, 0.2) is 0 Å². The predicted molar refractivity (Wildman–Crippen MR) is 83.7 cm³/mol. The molecule has 2 fully saturated rings. The summed E-state index contributed by atoms with van der Waals surface area (Å²) in [6.45, 7) is 8.93. The van der Waals surface area contributed by atoms with Crippen LogP contribution in [0.25, 0.3) is 0 Å². The third-order valence-corrected chi connectivity index (χ3v) is 4.88. The van der Waals surface area contributed by atoms with Gasteiger partial charge >= 0.3 is 0 Å². The number of likely N-dealkylation sites (tertiary alicyclic amines) is 1. The average molecular weight is 280 g/mol. The van der Waals surface area contributed by atoms with E-state index >= 15 is 0 Å². The van der Waals surface area contributed by atoms with Crippen molar-refractivity contribution in [3.05, 3.63) is 0 Å². The monoisotopic (exact) mass is 280 g/mol. The lowest BCUT2D eigenvalue weighted by Crippen LogP contribution is -2.53. The first-order valence-corrected chi connectivity index (χ1v) is 8.38. The Bertz CT molecular complexity index is 328. The average Bonchev–Trinajstić information content (AvgIpc) is 2.89. The number of rotatable bonds is 3. The van der Waals surface area contributed by atoms with Crippen LogP contribution in [0.5, 0.6) is 0 Å². The molecule has 3 nitrogen and oxygen atoms in total. The lowest BCUT2D eigenvalue weighted by atomic mass is 9.86. The van der Waals surface area contributed by atoms with Crippen LogP contribution in [0.2, 0.25) is 0 Å². The molecule has 0 radical (unpaired) electrons. The Labute approximate surface area is 124 Å². The fourth-order valence-electron chi connectivity index (χ4n) is 3.81. The molecule has 1 saturated carbocycles. The van der Waals surface area contributed by atoms with Crippen molar-refractivity contribution >= 4 is 5.91 Å². The number of amides is 1. The number of likely N-dealkylation sites (N-methyl/N-ethyl adjacent to an activating group) is 1. The van der Waals surface area contributed by atoms with Crippen LogP contribution in [-0.4, -0.2) is 47.9 Å². The molecule has 0 bridgehead atoms. The molecule has 3 heteroatoms. The SMILES string of the molecule is CN(C(=O)CC(C)(C)C)[C@@H]1CCCC[C@H]1N1CCCC1. The highest BCUT2D eigenvalue weighted by atomic mass is 16.2. The summed E-state index contributed by atoms with van der Waals surface area (Å²) >= 11 is 0. The molecule has 1 heterocycles. The fourth-order valence-corrected chi connectivity index (χ4v) is 3.81. The third-order valence-electron chi connectivity index (χ3n) is 4.88. The second-order valence-corrected chi connectivity index (χ2v) is 7.90. The Kier molecular flexibility index (Phi) is 5.11. The Morgan fingerprint density at radius 1 is 1.10 bits per heavy atom. The lowest BCUT2D eigenvalue weighted by molar-refractivity contribution is -0.136. The summed E-state index contributed by atoms with van der Waals surface area (Å²) in [5, 5.41) is 0. The van der Waals surface area contributed by atoms with Gasteiger partial charge < -0.3 is 4.90 Å². The lowest BCUT2D eigenvalue weighted by Gasteiger charge is -2.43. The van der Waals surface area contributed by atoms with Crippen LogP contribution in [0.4, 0.5) is 0 Å². The van der Waals surface area contributed by atoms with E-state index in [1.165, 1.54) is 51.6 Å². The summed E-state index contributed by atoms with van der Waals surface area (Å²) in [6, 6.07) is 1.05. The Morgan fingerprint density at radius 2 is 1.70 bits per heavy atom. The zero-order valence-corrected chi connectivity index (χ0v) is 13.8. The molecule has 0 aromatic carbocycles. The summed E-state index contributed by atoms with van der Waals surface area (Å²) < 4.78 is 0. The molecule has 0 N–H and O–H groups in total. The van der Waals surface area contributed by atoms with Gasteiger partial charge in [-0.25, -0.2) is 0 Å². The topological polar surface area (TPSA) is 23.6 Å². The second-order valence-electron chi connectivity index (χ2n) is 7.90. The van der Waals surface area contributed by atoms with E-state index in [0.29, 0.717) is 24.4 Å². The van der Waals surface area contributed by atoms with E-state index in [-0.39, 0.29) is 5.41 Å². The van der Waals surface area contributed by atoms with E-state index in [4.69, 9.17) is 0 Å². The molecule has 1 amide bonds. The number of hydrogen-bond acceptors (Lipinski definition) is 2. The van der Waals surface area contributed by atoms with Crippen molar-refractivity contribution in [1.82, 2.24) is 9.80 Å². The molecule has 0 unspecified atom stereocenters. The van der Waals surface area contributed by atoms with Gasteiger partial charge in [-0.15, -0.1) is 0 Å². The van der Waals surface area contributed by atoms with Crippen LogP contribution in [-0.2, 0) is 4.79 Å². The molecule has 1 aliphatic heterocycles. The van der Waals surface area contributed by atoms with Gasteiger partial charge in [0.05, 0.1) is 0 Å². The summed E-state index contributed by atoms with van der Waals surface area (Å²) in [6.07, 6.45) is 8.41. The first-order chi connectivity index (χ1) is 9.38. The molecular formula is C17H32N2O. The second kappa shape index (κ2) is 6.46. The zero-order valence-electron chi connectivity index (χ0n) is 13.8. The standard InChI is InChI=1S/C17H32N2O/c1-17(2,3)13-16(20)18(4)14-9-5-6-10-15(14)19-11-7-8-12-19/h14-15H,5-13H2,1-4H3/t14-,15-/m1/s1. The first-order valence-electron chi connectivity index (χ1n) is 8.38. The van der Waals surface area contributed by atoms with Gasteiger partial charge in [0.15, 0.2) is 0 Å². The van der Waals surface area contributed by atoms with E-state index in [9.17, 15) is 4.79 Å². The molecule has 20 heavy (non-hydrogen) atoms. The summed E-state index contributed by atoms with van der Waals surface area (Å²) in [5.41, 5.74) is 0.0865. The maximum absolute atomic E-state index is 12.5. The van der Waals surface area contributed by atoms with Crippen LogP contribution < -0.4 is 0 Å². The van der Waals surface area contributed by atoms with E-state index in [0.717, 1.165) is 0 Å². The van der Waals surface area contributed by atoms with Crippen molar-refractivity contribution in [2.45, 2.75) is 77.8 Å². The maximum atomic E-state index is 12.5. The van der Waals surface area contributed by atoms with E-state index < -0.39 is 0 Å². The largest absolute Gasteiger partial charge is 0.341 e. The summed E-state index contributed by atoms with van der Waals surface area (Å²) in [5.74, 6) is 0.327. The van der Waals surface area contributed by atoms with Gasteiger partial charge in [-0.05, 0) is 44.2 Å². The minimum Gasteiger partial charge on any atom is -0.341 e. The van der Waals surface area contributed by atoms with Crippen LogP contribution in [0.1, 0.15) is 65.7 Å². The molecule has 0 aromatic heterocycles. The van der Waals surface area contributed by atoms with Crippen molar-refractivity contribution in [2.75, 3.05) is 20.1 Å².